The molecule has 0 atom stereocenters. The van der Waals surface area contributed by atoms with Crippen LogP contribution in [0.1, 0.15) is 9.67 Å². The molecule has 110 valence electrons. The van der Waals surface area contributed by atoms with E-state index < -0.39 is 0 Å². The first-order valence-corrected chi connectivity index (χ1v) is 7.97. The summed E-state index contributed by atoms with van der Waals surface area (Å²) in [6.07, 6.45) is 0. The van der Waals surface area contributed by atoms with Crippen molar-refractivity contribution in [2.45, 2.75) is 0 Å². The van der Waals surface area contributed by atoms with Gasteiger partial charge in [0, 0.05) is 13.1 Å². The molecule has 1 N–H and O–H groups in total. The predicted molar refractivity (Wildman–Crippen MR) is 86.8 cm³/mol. The molecule has 1 aromatic heterocycles. The number of carbonyl (C=O) groups is 1. The summed E-state index contributed by atoms with van der Waals surface area (Å²) in [4.78, 5) is 15.1. The molecule has 0 bridgehead atoms. The Hall–Kier alpha value is -1.56. The van der Waals surface area contributed by atoms with Crippen LogP contribution in [0.25, 0.3) is 0 Å². The average Bonchev–Trinajstić information content (AvgIpc) is 3.02. The Morgan fingerprint density at radius 2 is 2.05 bits per heavy atom. The molecule has 4 nitrogen and oxygen atoms in total. The van der Waals surface area contributed by atoms with E-state index in [1.807, 2.05) is 29.6 Å². The molecular weight excluding hydrogens is 308 g/mol. The van der Waals surface area contributed by atoms with E-state index in [0.717, 1.165) is 24.5 Å². The van der Waals surface area contributed by atoms with Gasteiger partial charge < -0.3 is 15.0 Å². The van der Waals surface area contributed by atoms with Crippen molar-refractivity contribution in [3.63, 3.8) is 0 Å². The Labute approximate surface area is 132 Å². The molecule has 0 saturated carbocycles. The highest BCUT2D eigenvalue weighted by molar-refractivity contribution is 7.12. The Bertz CT molecular complexity index is 625. The van der Waals surface area contributed by atoms with Gasteiger partial charge in [0.15, 0.2) is 0 Å². The van der Waals surface area contributed by atoms with E-state index in [2.05, 4.69) is 10.2 Å². The van der Waals surface area contributed by atoms with Gasteiger partial charge in [-0.15, -0.1) is 11.3 Å². The lowest BCUT2D eigenvalue weighted by atomic mass is 10.2. The SMILES string of the molecule is O=C(Nc1cccc(Cl)c1N1CCOCC1)c1cccs1. The third-order valence-corrected chi connectivity index (χ3v) is 4.48. The average molecular weight is 323 g/mol. The number of nitrogens with one attached hydrogen (secondary N) is 1. The van der Waals surface area contributed by atoms with Crippen LogP contribution in [0.15, 0.2) is 35.7 Å². The highest BCUT2D eigenvalue weighted by atomic mass is 35.5. The number of hydrogen-bond donors (Lipinski definition) is 1. The summed E-state index contributed by atoms with van der Waals surface area (Å²) in [6.45, 7) is 2.88. The molecule has 21 heavy (non-hydrogen) atoms. The van der Waals surface area contributed by atoms with Crippen molar-refractivity contribution in [2.24, 2.45) is 0 Å². The van der Waals surface area contributed by atoms with Crippen LogP contribution in [0, 0.1) is 0 Å². The molecule has 2 aromatic rings. The van der Waals surface area contributed by atoms with Crippen LogP contribution in [0.3, 0.4) is 0 Å². The second kappa shape index (κ2) is 6.47. The van der Waals surface area contributed by atoms with E-state index in [4.69, 9.17) is 16.3 Å². The van der Waals surface area contributed by atoms with Gasteiger partial charge in [-0.1, -0.05) is 23.7 Å². The summed E-state index contributed by atoms with van der Waals surface area (Å²) in [5.41, 5.74) is 1.61. The van der Waals surface area contributed by atoms with Gasteiger partial charge in [0.05, 0.1) is 34.5 Å². The smallest absolute Gasteiger partial charge is 0.265 e. The van der Waals surface area contributed by atoms with E-state index in [9.17, 15) is 4.79 Å². The maximum Gasteiger partial charge on any atom is 0.265 e. The second-order valence-electron chi connectivity index (χ2n) is 4.67. The number of benzene rings is 1. The third kappa shape index (κ3) is 3.20. The van der Waals surface area contributed by atoms with Gasteiger partial charge in [0.2, 0.25) is 0 Å². The molecule has 1 fully saturated rings. The minimum absolute atomic E-state index is 0.109. The summed E-state index contributed by atoms with van der Waals surface area (Å²) in [6, 6.07) is 9.23. The number of para-hydroxylation sites is 1. The number of halogens is 1. The zero-order valence-corrected chi connectivity index (χ0v) is 12.9. The fourth-order valence-corrected chi connectivity index (χ4v) is 3.23. The first kappa shape index (κ1) is 14.4. The van der Waals surface area contributed by atoms with Crippen LogP contribution < -0.4 is 10.2 Å². The standard InChI is InChI=1S/C15H15ClN2O2S/c16-11-3-1-4-12(14(11)18-6-8-20-9-7-18)17-15(19)13-5-2-10-21-13/h1-5,10H,6-9H2,(H,17,19). The van der Waals surface area contributed by atoms with Crippen LogP contribution in [-0.2, 0) is 4.74 Å². The fourth-order valence-electron chi connectivity index (χ4n) is 2.32. The van der Waals surface area contributed by atoms with Crippen LogP contribution in [0.2, 0.25) is 5.02 Å². The number of anilines is 2. The van der Waals surface area contributed by atoms with Crippen molar-refractivity contribution in [3.05, 3.63) is 45.6 Å². The Balaban J connectivity index is 1.87. The van der Waals surface area contributed by atoms with Crippen molar-refractivity contribution < 1.29 is 9.53 Å². The van der Waals surface area contributed by atoms with Crippen molar-refractivity contribution in [1.29, 1.82) is 0 Å². The van der Waals surface area contributed by atoms with Gasteiger partial charge in [-0.25, -0.2) is 0 Å². The first-order valence-electron chi connectivity index (χ1n) is 6.72. The predicted octanol–water partition coefficient (Wildman–Crippen LogP) is 3.49. The second-order valence-corrected chi connectivity index (χ2v) is 6.02. The van der Waals surface area contributed by atoms with Gasteiger partial charge in [0.25, 0.3) is 5.91 Å². The fraction of sp³-hybridized carbons (Fsp3) is 0.267. The van der Waals surface area contributed by atoms with Crippen molar-refractivity contribution >= 4 is 40.2 Å². The van der Waals surface area contributed by atoms with Crippen molar-refractivity contribution in [1.82, 2.24) is 0 Å². The summed E-state index contributed by atoms with van der Waals surface area (Å²) in [5.74, 6) is -0.109. The van der Waals surface area contributed by atoms with Gasteiger partial charge in [-0.05, 0) is 23.6 Å². The minimum Gasteiger partial charge on any atom is -0.378 e. The number of hydrogen-bond acceptors (Lipinski definition) is 4. The molecule has 1 aliphatic heterocycles. The minimum atomic E-state index is -0.109. The van der Waals surface area contributed by atoms with Crippen LogP contribution in [-0.4, -0.2) is 32.2 Å². The Kier molecular flexibility index (Phi) is 4.43. The lowest BCUT2D eigenvalue weighted by Gasteiger charge is -2.31. The summed E-state index contributed by atoms with van der Waals surface area (Å²) in [5, 5.41) is 5.48. The van der Waals surface area contributed by atoms with Crippen LogP contribution >= 0.6 is 22.9 Å². The van der Waals surface area contributed by atoms with Gasteiger partial charge in [-0.2, -0.15) is 0 Å². The largest absolute Gasteiger partial charge is 0.378 e. The molecule has 1 aliphatic rings. The number of rotatable bonds is 3. The number of amides is 1. The molecular formula is C15H15ClN2O2S. The molecule has 1 amide bonds. The van der Waals surface area contributed by atoms with Crippen LogP contribution in [0.5, 0.6) is 0 Å². The van der Waals surface area contributed by atoms with E-state index in [-0.39, 0.29) is 5.91 Å². The van der Waals surface area contributed by atoms with E-state index in [0.29, 0.717) is 23.1 Å². The lowest BCUT2D eigenvalue weighted by molar-refractivity contribution is 0.103. The molecule has 6 heteroatoms. The normalized spacial score (nSPS) is 15.0. The van der Waals surface area contributed by atoms with Crippen LogP contribution in [0.4, 0.5) is 11.4 Å². The monoisotopic (exact) mass is 322 g/mol. The van der Waals surface area contributed by atoms with E-state index >= 15 is 0 Å². The van der Waals surface area contributed by atoms with Gasteiger partial charge >= 0.3 is 0 Å². The van der Waals surface area contributed by atoms with Gasteiger partial charge in [-0.3, -0.25) is 4.79 Å². The van der Waals surface area contributed by atoms with Crippen molar-refractivity contribution in [2.75, 3.05) is 36.5 Å². The molecule has 1 saturated heterocycles. The zero-order valence-electron chi connectivity index (χ0n) is 11.3. The summed E-state index contributed by atoms with van der Waals surface area (Å²) in [7, 11) is 0. The molecule has 2 heterocycles. The van der Waals surface area contributed by atoms with Crippen molar-refractivity contribution in [3.8, 4) is 0 Å². The highest BCUT2D eigenvalue weighted by Crippen LogP contribution is 2.34. The number of thiophene rings is 1. The first-order chi connectivity index (χ1) is 10.3. The molecule has 0 aliphatic carbocycles. The number of ether oxygens (including phenoxy) is 1. The molecule has 0 spiro atoms. The third-order valence-electron chi connectivity index (χ3n) is 3.31. The maximum absolute atomic E-state index is 12.2. The molecule has 1 aromatic carbocycles. The summed E-state index contributed by atoms with van der Waals surface area (Å²) >= 11 is 7.76. The molecule has 0 unspecified atom stereocenters. The quantitative estimate of drug-likeness (QED) is 0.940. The maximum atomic E-state index is 12.2. The van der Waals surface area contributed by atoms with Gasteiger partial charge in [0.1, 0.15) is 0 Å². The summed E-state index contributed by atoms with van der Waals surface area (Å²) < 4.78 is 5.37. The number of morpholine rings is 1. The van der Waals surface area contributed by atoms with E-state index in [1.165, 1.54) is 11.3 Å². The molecule has 0 radical (unpaired) electrons. The molecule has 3 rings (SSSR count). The number of carbonyl (C=O) groups excluding carboxylic acids is 1. The van der Waals surface area contributed by atoms with E-state index in [1.54, 1.807) is 6.07 Å². The Morgan fingerprint density at radius 1 is 1.24 bits per heavy atom. The number of nitrogens with zero attached hydrogens (tertiary/aromatic N) is 1. The topological polar surface area (TPSA) is 41.6 Å². The lowest BCUT2D eigenvalue weighted by Crippen LogP contribution is -2.37. The zero-order chi connectivity index (χ0) is 14.7. The highest BCUT2D eigenvalue weighted by Gasteiger charge is 2.19. The Morgan fingerprint density at radius 3 is 2.76 bits per heavy atom.